The van der Waals surface area contributed by atoms with Gasteiger partial charge in [-0.1, -0.05) is 0 Å². The molecule has 0 aromatic rings. The molecule has 0 spiro atoms. The molecule has 3 nitrogen and oxygen atoms in total. The van der Waals surface area contributed by atoms with E-state index < -0.39 is 0 Å². The van der Waals surface area contributed by atoms with Gasteiger partial charge in [0.05, 0.1) is 13.2 Å². The van der Waals surface area contributed by atoms with Crippen LogP contribution >= 0.6 is 11.6 Å². The van der Waals surface area contributed by atoms with Crippen LogP contribution in [0.2, 0.25) is 0 Å². The normalized spacial score (nSPS) is 13.2. The van der Waals surface area contributed by atoms with Crippen LogP contribution < -0.4 is 5.32 Å². The topological polar surface area (TPSA) is 30.5 Å². The molecule has 0 rings (SSSR count). The van der Waals surface area contributed by atoms with Gasteiger partial charge in [0.1, 0.15) is 0 Å². The first kappa shape index (κ1) is 13.2. The second kappa shape index (κ2) is 10.3. The van der Waals surface area contributed by atoms with E-state index in [1.807, 2.05) is 0 Å². The van der Waals surface area contributed by atoms with Crippen LogP contribution in [0.4, 0.5) is 0 Å². The number of hydrogen-bond donors (Lipinski definition) is 1. The molecule has 13 heavy (non-hydrogen) atoms. The molecule has 0 aromatic heterocycles. The highest BCUT2D eigenvalue weighted by Crippen LogP contribution is 1.86. The van der Waals surface area contributed by atoms with Gasteiger partial charge in [-0.05, 0) is 19.9 Å². The van der Waals surface area contributed by atoms with Crippen molar-refractivity contribution in [3.63, 3.8) is 0 Å². The van der Waals surface area contributed by atoms with Gasteiger partial charge in [0.25, 0.3) is 0 Å². The maximum absolute atomic E-state index is 5.45. The molecule has 0 amide bonds. The minimum atomic E-state index is 0.415. The average molecular weight is 210 g/mol. The van der Waals surface area contributed by atoms with Gasteiger partial charge in [0, 0.05) is 25.6 Å². The number of nitrogens with one attached hydrogen (secondary N) is 1. The lowest BCUT2D eigenvalue weighted by molar-refractivity contribution is 0.141. The van der Waals surface area contributed by atoms with E-state index in [2.05, 4.69) is 12.2 Å². The van der Waals surface area contributed by atoms with Gasteiger partial charge in [-0.2, -0.15) is 0 Å². The van der Waals surface area contributed by atoms with Crippen molar-refractivity contribution >= 4 is 11.6 Å². The van der Waals surface area contributed by atoms with Crippen LogP contribution in [0.25, 0.3) is 0 Å². The fourth-order valence-electron chi connectivity index (χ4n) is 0.988. The number of hydrogen-bond acceptors (Lipinski definition) is 3. The molecule has 4 heteroatoms. The summed E-state index contributed by atoms with van der Waals surface area (Å²) in [5.74, 6) is 0.577. The number of alkyl halides is 1. The highest BCUT2D eigenvalue weighted by atomic mass is 35.5. The van der Waals surface area contributed by atoms with E-state index in [1.54, 1.807) is 7.11 Å². The summed E-state index contributed by atoms with van der Waals surface area (Å²) >= 11 is 5.45. The fourth-order valence-corrected chi connectivity index (χ4v) is 1.10. The third-order valence-electron chi connectivity index (χ3n) is 1.60. The van der Waals surface area contributed by atoms with E-state index in [-0.39, 0.29) is 0 Å². The van der Waals surface area contributed by atoms with Crippen LogP contribution in [0.1, 0.15) is 13.3 Å². The fraction of sp³-hybridized carbons (Fsp3) is 1.00. The highest BCUT2D eigenvalue weighted by molar-refractivity contribution is 6.17. The van der Waals surface area contributed by atoms with Gasteiger partial charge in [-0.3, -0.25) is 0 Å². The molecule has 0 saturated carbocycles. The summed E-state index contributed by atoms with van der Waals surface area (Å²) in [6.07, 6.45) is 1.02. The molecule has 1 N–H and O–H groups in total. The number of ether oxygens (including phenoxy) is 2. The lowest BCUT2D eigenvalue weighted by Crippen LogP contribution is -2.31. The zero-order chi connectivity index (χ0) is 9.94. The van der Waals surface area contributed by atoms with Gasteiger partial charge < -0.3 is 14.8 Å². The summed E-state index contributed by atoms with van der Waals surface area (Å²) in [6, 6.07) is 0.415. The van der Waals surface area contributed by atoms with Crippen molar-refractivity contribution in [2.75, 3.05) is 39.4 Å². The van der Waals surface area contributed by atoms with E-state index in [9.17, 15) is 0 Å². The SMILES string of the molecule is COCC(C)NCCCOCCCl. The van der Waals surface area contributed by atoms with E-state index in [1.165, 1.54) is 0 Å². The number of methoxy groups -OCH3 is 1. The summed E-state index contributed by atoms with van der Waals surface area (Å²) in [7, 11) is 1.71. The second-order valence-corrected chi connectivity index (χ2v) is 3.34. The molecule has 0 fully saturated rings. The molecule has 0 aliphatic carbocycles. The van der Waals surface area contributed by atoms with E-state index >= 15 is 0 Å². The third kappa shape index (κ3) is 10.1. The molecule has 0 aliphatic rings. The molecule has 0 aliphatic heterocycles. The quantitative estimate of drug-likeness (QED) is 0.458. The smallest absolute Gasteiger partial charge is 0.0613 e. The Labute approximate surface area is 85.7 Å². The average Bonchev–Trinajstić information content (AvgIpc) is 2.11. The Morgan fingerprint density at radius 1 is 1.38 bits per heavy atom. The Bertz CT molecular complexity index is 104. The molecule has 0 bridgehead atoms. The predicted octanol–water partition coefficient (Wildman–Crippen LogP) is 1.26. The van der Waals surface area contributed by atoms with Crippen molar-refractivity contribution < 1.29 is 9.47 Å². The Morgan fingerprint density at radius 2 is 2.15 bits per heavy atom. The largest absolute Gasteiger partial charge is 0.383 e. The second-order valence-electron chi connectivity index (χ2n) is 2.97. The lowest BCUT2D eigenvalue weighted by atomic mass is 10.3. The molecule has 1 unspecified atom stereocenters. The van der Waals surface area contributed by atoms with Crippen LogP contribution in [0.15, 0.2) is 0 Å². The molecule has 0 saturated heterocycles. The van der Waals surface area contributed by atoms with E-state index in [4.69, 9.17) is 21.1 Å². The first-order valence-electron chi connectivity index (χ1n) is 4.67. The highest BCUT2D eigenvalue weighted by Gasteiger charge is 1.98. The van der Waals surface area contributed by atoms with Gasteiger partial charge in [-0.25, -0.2) is 0 Å². The van der Waals surface area contributed by atoms with Crippen molar-refractivity contribution in [2.24, 2.45) is 0 Å². The van der Waals surface area contributed by atoms with Gasteiger partial charge >= 0.3 is 0 Å². The third-order valence-corrected chi connectivity index (χ3v) is 1.75. The monoisotopic (exact) mass is 209 g/mol. The van der Waals surface area contributed by atoms with Gasteiger partial charge in [-0.15, -0.1) is 11.6 Å². The molecule has 0 heterocycles. The summed E-state index contributed by atoms with van der Waals surface area (Å²) in [5, 5.41) is 3.32. The molecule has 1 atom stereocenters. The van der Waals surface area contributed by atoms with Gasteiger partial charge in [0.2, 0.25) is 0 Å². The Balaban J connectivity index is 2.97. The van der Waals surface area contributed by atoms with Crippen LogP contribution in [0, 0.1) is 0 Å². The standard InChI is InChI=1S/C9H20ClNO2/c1-9(8-12-2)11-5-3-6-13-7-4-10/h9,11H,3-8H2,1-2H3. The maximum atomic E-state index is 5.45. The summed E-state index contributed by atoms with van der Waals surface area (Å²) in [6.45, 7) is 5.24. The predicted molar refractivity (Wildman–Crippen MR) is 55.5 cm³/mol. The molecule has 0 aromatic carbocycles. The van der Waals surface area contributed by atoms with Crippen molar-refractivity contribution in [1.82, 2.24) is 5.32 Å². The van der Waals surface area contributed by atoms with E-state index in [0.29, 0.717) is 18.5 Å². The van der Waals surface area contributed by atoms with Crippen LogP contribution in [-0.2, 0) is 9.47 Å². The van der Waals surface area contributed by atoms with E-state index in [0.717, 1.165) is 26.2 Å². The lowest BCUT2D eigenvalue weighted by Gasteiger charge is -2.12. The Hall–Kier alpha value is 0.170. The van der Waals surface area contributed by atoms with Crippen molar-refractivity contribution in [1.29, 1.82) is 0 Å². The molecule has 80 valence electrons. The van der Waals surface area contributed by atoms with Crippen LogP contribution in [0.3, 0.4) is 0 Å². The molecular formula is C9H20ClNO2. The summed E-state index contributed by atoms with van der Waals surface area (Å²) in [4.78, 5) is 0. The zero-order valence-electron chi connectivity index (χ0n) is 8.51. The number of halogens is 1. The maximum Gasteiger partial charge on any atom is 0.0613 e. The van der Waals surface area contributed by atoms with Crippen LogP contribution in [0.5, 0.6) is 0 Å². The Kier molecular flexibility index (Phi) is 10.4. The van der Waals surface area contributed by atoms with Crippen LogP contribution in [-0.4, -0.2) is 45.4 Å². The minimum Gasteiger partial charge on any atom is -0.383 e. The number of rotatable bonds is 9. The van der Waals surface area contributed by atoms with Crippen molar-refractivity contribution in [3.8, 4) is 0 Å². The molecular weight excluding hydrogens is 190 g/mol. The first-order chi connectivity index (χ1) is 6.31. The summed E-state index contributed by atoms with van der Waals surface area (Å²) in [5.41, 5.74) is 0. The minimum absolute atomic E-state index is 0.415. The summed E-state index contributed by atoms with van der Waals surface area (Å²) < 4.78 is 10.2. The van der Waals surface area contributed by atoms with Crippen molar-refractivity contribution in [3.05, 3.63) is 0 Å². The van der Waals surface area contributed by atoms with Gasteiger partial charge in [0.15, 0.2) is 0 Å². The zero-order valence-corrected chi connectivity index (χ0v) is 9.27. The first-order valence-corrected chi connectivity index (χ1v) is 5.20. The molecule has 0 radical (unpaired) electrons. The van der Waals surface area contributed by atoms with Crippen molar-refractivity contribution in [2.45, 2.75) is 19.4 Å². The Morgan fingerprint density at radius 3 is 2.77 bits per heavy atom.